The quantitative estimate of drug-likeness (QED) is 0.261. The molecule has 0 aliphatic heterocycles. The van der Waals surface area contributed by atoms with Gasteiger partial charge in [0.2, 0.25) is 0 Å². The Bertz CT molecular complexity index is 972. The summed E-state index contributed by atoms with van der Waals surface area (Å²) in [5.41, 5.74) is -3.10. The van der Waals surface area contributed by atoms with Crippen molar-refractivity contribution < 1.29 is 26.3 Å². The fraction of sp³-hybridized carbons (Fsp3) is 0.143. The van der Waals surface area contributed by atoms with Gasteiger partial charge in [-0.1, -0.05) is 0 Å². The maximum atomic E-state index is 13.0. The van der Waals surface area contributed by atoms with Gasteiger partial charge in [-0.15, -0.1) is 0 Å². The third-order valence-electron chi connectivity index (χ3n) is 4.51. The average molecular weight is 491 g/mol. The van der Waals surface area contributed by atoms with E-state index < -0.39 is 29.0 Å². The number of rotatable bonds is 3. The number of alkyl halides is 6. The summed E-state index contributed by atoms with van der Waals surface area (Å²) in [6.45, 7) is 1.90. The number of aryl methyl sites for hydroxylation is 1. The first-order valence-electron chi connectivity index (χ1n) is 8.45. The summed E-state index contributed by atoms with van der Waals surface area (Å²) in [6, 6.07) is 17.0. The van der Waals surface area contributed by atoms with Gasteiger partial charge in [0, 0.05) is 0 Å². The Morgan fingerprint density at radius 1 is 0.552 bits per heavy atom. The standard InChI is InChI=1S/C21H15F6PSe/c1-14-2-8-17(9-3-14)28(29,18-10-4-15(5-11-18)20(22,23)24)19-12-6-16(7-13-19)21(25,26)27/h2-13H,1H3. The van der Waals surface area contributed by atoms with Crippen LogP contribution in [0.25, 0.3) is 0 Å². The minimum absolute atomic E-state index is 0.606. The summed E-state index contributed by atoms with van der Waals surface area (Å²) in [4.78, 5) is 0. The van der Waals surface area contributed by atoms with Crippen molar-refractivity contribution in [1.29, 1.82) is 0 Å². The molecule has 3 aromatic carbocycles. The first kappa shape index (κ1) is 21.9. The van der Waals surface area contributed by atoms with Gasteiger partial charge in [-0.25, -0.2) is 0 Å². The summed E-state index contributed by atoms with van der Waals surface area (Å²) in [7, 11) is 0. The summed E-state index contributed by atoms with van der Waals surface area (Å²) in [5.74, 6) is 0. The molecular weight excluding hydrogens is 476 g/mol. The predicted molar refractivity (Wildman–Crippen MR) is 106 cm³/mol. The molecule has 0 amide bonds. The van der Waals surface area contributed by atoms with E-state index in [2.05, 4.69) is 15.1 Å². The van der Waals surface area contributed by atoms with Crippen molar-refractivity contribution in [3.63, 3.8) is 0 Å². The zero-order valence-corrected chi connectivity index (χ0v) is 17.7. The van der Waals surface area contributed by atoms with Gasteiger partial charge in [0.05, 0.1) is 0 Å². The van der Waals surface area contributed by atoms with E-state index in [4.69, 9.17) is 0 Å². The van der Waals surface area contributed by atoms with Crippen LogP contribution in [0.1, 0.15) is 16.7 Å². The van der Waals surface area contributed by atoms with Crippen molar-refractivity contribution in [3.8, 4) is 0 Å². The molecule has 0 unspecified atom stereocenters. The van der Waals surface area contributed by atoms with Crippen LogP contribution in [0.3, 0.4) is 0 Å². The number of hydrogen-bond acceptors (Lipinski definition) is 0. The van der Waals surface area contributed by atoms with Gasteiger partial charge < -0.3 is 0 Å². The van der Waals surface area contributed by atoms with Crippen LogP contribution in [0, 0.1) is 6.92 Å². The Morgan fingerprint density at radius 3 is 1.10 bits per heavy atom. The van der Waals surface area contributed by atoms with E-state index in [-0.39, 0.29) is 0 Å². The van der Waals surface area contributed by atoms with Crippen molar-refractivity contribution in [2.45, 2.75) is 19.3 Å². The van der Waals surface area contributed by atoms with Gasteiger partial charge in [-0.3, -0.25) is 0 Å². The molecule has 3 aromatic rings. The summed E-state index contributed by atoms with van der Waals surface area (Å²) in [6.07, 6.45) is -8.93. The van der Waals surface area contributed by atoms with Gasteiger partial charge >= 0.3 is 172 Å². The molecule has 29 heavy (non-hydrogen) atoms. The second-order valence-electron chi connectivity index (χ2n) is 6.53. The van der Waals surface area contributed by atoms with Crippen LogP contribution >= 0.6 is 5.51 Å². The van der Waals surface area contributed by atoms with Crippen molar-refractivity contribution in [3.05, 3.63) is 89.5 Å². The molecule has 0 saturated carbocycles. The van der Waals surface area contributed by atoms with Crippen LogP contribution in [0.5, 0.6) is 0 Å². The second kappa shape index (κ2) is 7.79. The van der Waals surface area contributed by atoms with Gasteiger partial charge in [-0.05, 0) is 0 Å². The molecule has 0 fully saturated rings. The van der Waals surface area contributed by atoms with E-state index in [1.165, 1.54) is 24.3 Å². The zero-order chi connectivity index (χ0) is 21.4. The first-order chi connectivity index (χ1) is 13.4. The summed E-state index contributed by atoms with van der Waals surface area (Å²) < 4.78 is 77.7. The van der Waals surface area contributed by atoms with E-state index in [0.29, 0.717) is 10.6 Å². The SMILES string of the molecule is Cc1ccc(P(=[Se])(c2ccc(C(F)(F)F)cc2)c2ccc(C(F)(F)F)cc2)cc1. The molecule has 0 aromatic heterocycles. The fourth-order valence-corrected chi connectivity index (χ4v) is 7.82. The van der Waals surface area contributed by atoms with E-state index in [1.807, 2.05) is 31.2 Å². The van der Waals surface area contributed by atoms with Crippen LogP contribution in [-0.2, 0) is 12.4 Å². The van der Waals surface area contributed by atoms with E-state index in [1.54, 1.807) is 0 Å². The van der Waals surface area contributed by atoms with Crippen molar-refractivity contribution in [2.75, 3.05) is 0 Å². The predicted octanol–water partition coefficient (Wildman–Crippen LogP) is 5.41. The van der Waals surface area contributed by atoms with Crippen molar-refractivity contribution >= 4 is 36.5 Å². The molecule has 0 saturated heterocycles. The monoisotopic (exact) mass is 492 g/mol. The van der Waals surface area contributed by atoms with Crippen LogP contribution in [-0.4, -0.2) is 15.1 Å². The van der Waals surface area contributed by atoms with Crippen LogP contribution in [0.15, 0.2) is 72.8 Å². The minimum atomic E-state index is -4.46. The topological polar surface area (TPSA) is 0 Å². The first-order valence-corrected chi connectivity index (χ1v) is 12.5. The van der Waals surface area contributed by atoms with Crippen molar-refractivity contribution in [1.82, 2.24) is 0 Å². The maximum absolute atomic E-state index is 13.0. The Morgan fingerprint density at radius 2 is 0.828 bits per heavy atom. The third kappa shape index (κ3) is 4.53. The van der Waals surface area contributed by atoms with Gasteiger partial charge in [0.1, 0.15) is 0 Å². The molecule has 0 bridgehead atoms. The molecule has 0 N–H and O–H groups in total. The molecule has 0 nitrogen and oxygen atoms in total. The summed E-state index contributed by atoms with van der Waals surface area (Å²) in [5, 5.41) is 2.03. The normalized spacial score (nSPS) is 12.8. The Hall–Kier alpha value is -1.81. The number of hydrogen-bond donors (Lipinski definition) is 0. The van der Waals surface area contributed by atoms with Crippen molar-refractivity contribution in [2.24, 2.45) is 0 Å². The molecule has 0 spiro atoms. The Labute approximate surface area is 171 Å². The van der Waals surface area contributed by atoms with E-state index in [0.717, 1.165) is 35.1 Å². The Kier molecular flexibility index (Phi) is 5.88. The van der Waals surface area contributed by atoms with Gasteiger partial charge in [-0.2, -0.15) is 0 Å². The zero-order valence-electron chi connectivity index (χ0n) is 15.1. The van der Waals surface area contributed by atoms with Crippen LogP contribution < -0.4 is 15.9 Å². The van der Waals surface area contributed by atoms with Gasteiger partial charge in [0.15, 0.2) is 0 Å². The number of benzene rings is 3. The molecule has 0 radical (unpaired) electrons. The molecule has 0 aliphatic carbocycles. The molecule has 0 aliphatic rings. The molecule has 152 valence electrons. The Balaban J connectivity index is 2.17. The van der Waals surface area contributed by atoms with Crippen LogP contribution in [0.2, 0.25) is 0 Å². The van der Waals surface area contributed by atoms with Crippen LogP contribution in [0.4, 0.5) is 26.3 Å². The fourth-order valence-electron chi connectivity index (χ4n) is 2.92. The molecule has 0 heterocycles. The number of halogens is 6. The molecule has 0 atom stereocenters. The average Bonchev–Trinajstić information content (AvgIpc) is 2.67. The van der Waals surface area contributed by atoms with E-state index in [9.17, 15) is 26.3 Å². The second-order valence-corrected chi connectivity index (χ2v) is 12.7. The van der Waals surface area contributed by atoms with E-state index >= 15 is 0 Å². The molecule has 3 rings (SSSR count). The third-order valence-corrected chi connectivity index (χ3v) is 11.6. The molecule has 8 heteroatoms. The van der Waals surface area contributed by atoms with Gasteiger partial charge in [0.25, 0.3) is 0 Å². The molecular formula is C21H15F6PSe. The summed E-state index contributed by atoms with van der Waals surface area (Å²) >= 11 is 3.12.